The lowest BCUT2D eigenvalue weighted by atomic mass is 10.2. The second-order valence-electron chi connectivity index (χ2n) is 6.65. The van der Waals surface area contributed by atoms with Crippen LogP contribution in [0.25, 0.3) is 0 Å². The SMILES string of the molecule is Cc1ccc(NC(=O)CSCC(=O)Nc2ccc(N3CCCC3=O)cc2)cc1. The summed E-state index contributed by atoms with van der Waals surface area (Å²) in [6, 6.07) is 14.8. The molecule has 0 radical (unpaired) electrons. The second kappa shape index (κ2) is 9.41. The van der Waals surface area contributed by atoms with E-state index in [1.165, 1.54) is 11.8 Å². The Morgan fingerprint density at radius 3 is 1.96 bits per heavy atom. The van der Waals surface area contributed by atoms with Gasteiger partial charge in [0.2, 0.25) is 17.7 Å². The summed E-state index contributed by atoms with van der Waals surface area (Å²) in [6.45, 7) is 2.73. The maximum absolute atomic E-state index is 12.1. The first kappa shape index (κ1) is 19.9. The van der Waals surface area contributed by atoms with Crippen molar-refractivity contribution in [3.8, 4) is 0 Å². The van der Waals surface area contributed by atoms with Crippen LogP contribution in [0.1, 0.15) is 18.4 Å². The number of amides is 3. The summed E-state index contributed by atoms with van der Waals surface area (Å²) in [5.74, 6) is 0.224. The zero-order chi connectivity index (χ0) is 19.9. The van der Waals surface area contributed by atoms with E-state index in [9.17, 15) is 14.4 Å². The number of carbonyl (C=O) groups is 3. The monoisotopic (exact) mass is 397 g/mol. The Balaban J connectivity index is 1.39. The largest absolute Gasteiger partial charge is 0.325 e. The maximum atomic E-state index is 12.1. The van der Waals surface area contributed by atoms with Crippen molar-refractivity contribution in [3.05, 3.63) is 54.1 Å². The second-order valence-corrected chi connectivity index (χ2v) is 7.64. The Hall–Kier alpha value is -2.80. The summed E-state index contributed by atoms with van der Waals surface area (Å²) in [7, 11) is 0. The van der Waals surface area contributed by atoms with Crippen LogP contribution in [-0.2, 0) is 14.4 Å². The van der Waals surface area contributed by atoms with E-state index in [0.717, 1.165) is 29.9 Å². The molecule has 1 saturated heterocycles. The third kappa shape index (κ3) is 5.60. The first-order chi connectivity index (χ1) is 13.5. The topological polar surface area (TPSA) is 78.5 Å². The molecule has 0 bridgehead atoms. The molecule has 3 rings (SSSR count). The number of carbonyl (C=O) groups excluding carboxylic acids is 3. The molecule has 1 heterocycles. The van der Waals surface area contributed by atoms with Gasteiger partial charge in [0.05, 0.1) is 11.5 Å². The van der Waals surface area contributed by atoms with E-state index >= 15 is 0 Å². The minimum Gasteiger partial charge on any atom is -0.325 e. The lowest BCUT2D eigenvalue weighted by Crippen LogP contribution is -2.23. The van der Waals surface area contributed by atoms with Gasteiger partial charge >= 0.3 is 0 Å². The van der Waals surface area contributed by atoms with E-state index in [2.05, 4.69) is 10.6 Å². The van der Waals surface area contributed by atoms with E-state index < -0.39 is 0 Å². The number of aryl methyl sites for hydroxylation is 1. The number of rotatable bonds is 7. The summed E-state index contributed by atoms with van der Waals surface area (Å²) in [5.41, 5.74) is 3.40. The highest BCUT2D eigenvalue weighted by molar-refractivity contribution is 8.00. The van der Waals surface area contributed by atoms with Crippen molar-refractivity contribution < 1.29 is 14.4 Å². The maximum Gasteiger partial charge on any atom is 0.234 e. The number of benzene rings is 2. The van der Waals surface area contributed by atoms with Crippen LogP contribution >= 0.6 is 11.8 Å². The van der Waals surface area contributed by atoms with Gasteiger partial charge in [-0.15, -0.1) is 11.8 Å². The minimum atomic E-state index is -0.168. The molecule has 0 spiro atoms. The molecule has 1 aliphatic heterocycles. The summed E-state index contributed by atoms with van der Waals surface area (Å²) in [4.78, 5) is 37.5. The summed E-state index contributed by atoms with van der Waals surface area (Å²) in [5, 5.41) is 5.61. The van der Waals surface area contributed by atoms with Crippen LogP contribution < -0.4 is 15.5 Å². The average molecular weight is 398 g/mol. The zero-order valence-electron chi connectivity index (χ0n) is 15.7. The Kier molecular flexibility index (Phi) is 6.71. The lowest BCUT2D eigenvalue weighted by Gasteiger charge is -2.16. The lowest BCUT2D eigenvalue weighted by molar-refractivity contribution is -0.117. The van der Waals surface area contributed by atoms with Gasteiger partial charge in [0.25, 0.3) is 0 Å². The van der Waals surface area contributed by atoms with Crippen LogP contribution in [0.15, 0.2) is 48.5 Å². The molecule has 1 fully saturated rings. The number of hydrogen-bond acceptors (Lipinski definition) is 4. The number of anilines is 3. The van der Waals surface area contributed by atoms with Gasteiger partial charge in [-0.05, 0) is 49.7 Å². The van der Waals surface area contributed by atoms with Crippen molar-refractivity contribution in [2.45, 2.75) is 19.8 Å². The molecule has 0 unspecified atom stereocenters. The fourth-order valence-electron chi connectivity index (χ4n) is 2.91. The van der Waals surface area contributed by atoms with Crippen molar-refractivity contribution in [3.63, 3.8) is 0 Å². The van der Waals surface area contributed by atoms with Crippen molar-refractivity contribution in [1.29, 1.82) is 0 Å². The van der Waals surface area contributed by atoms with E-state index in [0.29, 0.717) is 12.1 Å². The van der Waals surface area contributed by atoms with Gasteiger partial charge in [-0.2, -0.15) is 0 Å². The summed E-state index contributed by atoms with van der Waals surface area (Å²) >= 11 is 1.26. The van der Waals surface area contributed by atoms with Crippen molar-refractivity contribution >= 4 is 46.5 Å². The number of nitrogens with one attached hydrogen (secondary N) is 2. The third-order valence-electron chi connectivity index (χ3n) is 4.34. The van der Waals surface area contributed by atoms with Crippen molar-refractivity contribution in [1.82, 2.24) is 0 Å². The molecule has 2 aromatic rings. The molecule has 28 heavy (non-hydrogen) atoms. The average Bonchev–Trinajstić information content (AvgIpc) is 3.10. The van der Waals surface area contributed by atoms with E-state index in [4.69, 9.17) is 0 Å². The Bertz CT molecular complexity index is 850. The van der Waals surface area contributed by atoms with E-state index in [-0.39, 0.29) is 29.2 Å². The van der Waals surface area contributed by atoms with Crippen LogP contribution in [-0.4, -0.2) is 35.8 Å². The van der Waals surface area contributed by atoms with Gasteiger partial charge < -0.3 is 15.5 Å². The van der Waals surface area contributed by atoms with Gasteiger partial charge in [-0.25, -0.2) is 0 Å². The number of nitrogens with zero attached hydrogens (tertiary/aromatic N) is 1. The van der Waals surface area contributed by atoms with Crippen molar-refractivity contribution in [2.75, 3.05) is 33.6 Å². The van der Waals surface area contributed by atoms with Crippen LogP contribution in [0.4, 0.5) is 17.1 Å². The molecular weight excluding hydrogens is 374 g/mol. The van der Waals surface area contributed by atoms with Crippen LogP contribution in [0.2, 0.25) is 0 Å². The van der Waals surface area contributed by atoms with Gasteiger partial charge in [-0.3, -0.25) is 14.4 Å². The fourth-order valence-corrected chi connectivity index (χ4v) is 3.53. The molecule has 0 atom stereocenters. The smallest absolute Gasteiger partial charge is 0.234 e. The van der Waals surface area contributed by atoms with Gasteiger partial charge in [0.15, 0.2) is 0 Å². The molecule has 6 nitrogen and oxygen atoms in total. The number of thioether (sulfide) groups is 1. The molecule has 0 aromatic heterocycles. The standard InChI is InChI=1S/C21H23N3O3S/c1-15-4-6-16(7-5-15)22-19(25)13-28-14-20(26)23-17-8-10-18(11-9-17)24-12-2-3-21(24)27/h4-11H,2-3,12-14H2,1H3,(H,22,25)(H,23,26). The highest BCUT2D eigenvalue weighted by Gasteiger charge is 2.21. The fraction of sp³-hybridized carbons (Fsp3) is 0.286. The van der Waals surface area contributed by atoms with Gasteiger partial charge in [-0.1, -0.05) is 17.7 Å². The first-order valence-corrected chi connectivity index (χ1v) is 10.3. The first-order valence-electron chi connectivity index (χ1n) is 9.16. The van der Waals surface area contributed by atoms with Crippen LogP contribution in [0.5, 0.6) is 0 Å². The molecular formula is C21H23N3O3S. The predicted molar refractivity (Wildman–Crippen MR) is 114 cm³/mol. The highest BCUT2D eigenvalue weighted by Crippen LogP contribution is 2.23. The molecule has 146 valence electrons. The molecule has 7 heteroatoms. The minimum absolute atomic E-state index is 0.136. The van der Waals surface area contributed by atoms with Gasteiger partial charge in [0, 0.05) is 30.0 Å². The number of hydrogen-bond donors (Lipinski definition) is 2. The van der Waals surface area contributed by atoms with E-state index in [1.54, 1.807) is 17.0 Å². The quantitative estimate of drug-likeness (QED) is 0.750. The summed E-state index contributed by atoms with van der Waals surface area (Å²) in [6.07, 6.45) is 1.47. The highest BCUT2D eigenvalue weighted by atomic mass is 32.2. The van der Waals surface area contributed by atoms with E-state index in [1.807, 2.05) is 43.3 Å². The molecule has 3 amide bonds. The van der Waals surface area contributed by atoms with Crippen molar-refractivity contribution in [2.24, 2.45) is 0 Å². The van der Waals surface area contributed by atoms with Gasteiger partial charge in [0.1, 0.15) is 0 Å². The van der Waals surface area contributed by atoms with Crippen LogP contribution in [0, 0.1) is 6.92 Å². The Labute approximate surface area is 168 Å². The molecule has 2 aromatic carbocycles. The normalized spacial score (nSPS) is 13.5. The third-order valence-corrected chi connectivity index (χ3v) is 5.27. The summed E-state index contributed by atoms with van der Waals surface area (Å²) < 4.78 is 0. The molecule has 1 aliphatic rings. The predicted octanol–water partition coefficient (Wildman–Crippen LogP) is 3.43. The molecule has 2 N–H and O–H groups in total. The zero-order valence-corrected chi connectivity index (χ0v) is 16.6. The molecule has 0 saturated carbocycles. The Morgan fingerprint density at radius 2 is 1.46 bits per heavy atom. The Morgan fingerprint density at radius 1 is 0.929 bits per heavy atom. The molecule has 0 aliphatic carbocycles. The van der Waals surface area contributed by atoms with Crippen LogP contribution in [0.3, 0.4) is 0 Å².